The van der Waals surface area contributed by atoms with Crippen molar-refractivity contribution in [1.82, 2.24) is 5.32 Å². The molecule has 0 spiro atoms. The first kappa shape index (κ1) is 13.4. The fourth-order valence-electron chi connectivity index (χ4n) is 2.29. The number of ether oxygens (including phenoxy) is 1. The molecule has 1 saturated carbocycles. The summed E-state index contributed by atoms with van der Waals surface area (Å²) in [6.07, 6.45) is 4.57. The molecule has 3 heteroatoms. The highest BCUT2D eigenvalue weighted by atomic mass is 16.5. The van der Waals surface area contributed by atoms with Gasteiger partial charge in [-0.3, -0.25) is 0 Å². The third-order valence-electron chi connectivity index (χ3n) is 3.52. The Kier molecular flexibility index (Phi) is 5.02. The topological polar surface area (TPSA) is 41.5 Å². The van der Waals surface area contributed by atoms with Crippen LogP contribution in [0.3, 0.4) is 0 Å². The maximum absolute atomic E-state index is 8.79. The average Bonchev–Trinajstić information content (AvgIpc) is 3.24. The van der Waals surface area contributed by atoms with Crippen LogP contribution in [0.2, 0.25) is 0 Å². The van der Waals surface area contributed by atoms with E-state index >= 15 is 0 Å². The minimum atomic E-state index is 0.290. The summed E-state index contributed by atoms with van der Waals surface area (Å²) in [5, 5.41) is 12.4. The maximum atomic E-state index is 8.79. The standard InChI is InChI=1S/C15H23NO2/c1-18-14-8-6-13(7-9-14)15(12-4-5-12)16-10-2-3-11-17/h6-9,12,15-17H,2-5,10-11H2,1H3. The lowest BCUT2D eigenvalue weighted by molar-refractivity contribution is 0.282. The van der Waals surface area contributed by atoms with Crippen LogP contribution in [-0.2, 0) is 0 Å². The number of hydrogen-bond donors (Lipinski definition) is 2. The highest BCUT2D eigenvalue weighted by Gasteiger charge is 2.31. The van der Waals surface area contributed by atoms with Crippen molar-refractivity contribution in [1.29, 1.82) is 0 Å². The summed E-state index contributed by atoms with van der Waals surface area (Å²) >= 11 is 0. The van der Waals surface area contributed by atoms with Gasteiger partial charge in [-0.15, -0.1) is 0 Å². The molecule has 2 N–H and O–H groups in total. The monoisotopic (exact) mass is 249 g/mol. The Morgan fingerprint density at radius 2 is 2.00 bits per heavy atom. The highest BCUT2D eigenvalue weighted by molar-refractivity contribution is 5.30. The lowest BCUT2D eigenvalue weighted by Gasteiger charge is -2.19. The highest BCUT2D eigenvalue weighted by Crippen LogP contribution is 2.41. The first-order valence-electron chi connectivity index (χ1n) is 6.83. The van der Waals surface area contributed by atoms with Gasteiger partial charge in [0.05, 0.1) is 7.11 Å². The Bertz CT molecular complexity index is 346. The molecule has 1 aromatic rings. The number of rotatable bonds is 8. The molecule has 100 valence electrons. The smallest absolute Gasteiger partial charge is 0.118 e. The van der Waals surface area contributed by atoms with E-state index in [0.29, 0.717) is 6.04 Å². The first-order valence-corrected chi connectivity index (χ1v) is 6.83. The van der Waals surface area contributed by atoms with Gasteiger partial charge >= 0.3 is 0 Å². The zero-order chi connectivity index (χ0) is 12.8. The molecule has 1 unspecified atom stereocenters. The van der Waals surface area contributed by atoms with Crippen molar-refractivity contribution >= 4 is 0 Å². The van der Waals surface area contributed by atoms with E-state index in [2.05, 4.69) is 17.4 Å². The first-order chi connectivity index (χ1) is 8.85. The Hall–Kier alpha value is -1.06. The van der Waals surface area contributed by atoms with Gasteiger partial charge in [0, 0.05) is 12.6 Å². The predicted molar refractivity (Wildman–Crippen MR) is 72.8 cm³/mol. The molecule has 0 bridgehead atoms. The van der Waals surface area contributed by atoms with Crippen LogP contribution in [0.25, 0.3) is 0 Å². The summed E-state index contributed by atoms with van der Waals surface area (Å²) in [6, 6.07) is 8.83. The van der Waals surface area contributed by atoms with E-state index in [0.717, 1.165) is 31.1 Å². The van der Waals surface area contributed by atoms with Gasteiger partial charge in [-0.2, -0.15) is 0 Å². The Balaban J connectivity index is 1.91. The summed E-state index contributed by atoms with van der Waals surface area (Å²) in [6.45, 7) is 1.27. The molecule has 0 aromatic heterocycles. The van der Waals surface area contributed by atoms with Crippen molar-refractivity contribution in [3.05, 3.63) is 29.8 Å². The molecule has 1 aromatic carbocycles. The van der Waals surface area contributed by atoms with Crippen LogP contribution in [0.4, 0.5) is 0 Å². The van der Waals surface area contributed by atoms with Crippen molar-refractivity contribution in [2.45, 2.75) is 31.7 Å². The van der Waals surface area contributed by atoms with E-state index in [-0.39, 0.29) is 6.61 Å². The van der Waals surface area contributed by atoms with Crippen LogP contribution in [0, 0.1) is 5.92 Å². The summed E-state index contributed by atoms with van der Waals surface area (Å²) in [4.78, 5) is 0. The number of methoxy groups -OCH3 is 1. The van der Waals surface area contributed by atoms with Crippen LogP contribution in [0.5, 0.6) is 5.75 Å². The zero-order valence-corrected chi connectivity index (χ0v) is 11.1. The minimum absolute atomic E-state index is 0.290. The normalized spacial score (nSPS) is 16.6. The molecule has 0 heterocycles. The van der Waals surface area contributed by atoms with Gasteiger partial charge in [-0.05, 0) is 55.8 Å². The minimum Gasteiger partial charge on any atom is -0.497 e. The maximum Gasteiger partial charge on any atom is 0.118 e. The Morgan fingerprint density at radius 3 is 2.56 bits per heavy atom. The van der Waals surface area contributed by atoms with Crippen molar-refractivity contribution in [2.24, 2.45) is 5.92 Å². The molecule has 3 nitrogen and oxygen atoms in total. The molecule has 1 fully saturated rings. The van der Waals surface area contributed by atoms with Crippen LogP contribution in [0.15, 0.2) is 24.3 Å². The third-order valence-corrected chi connectivity index (χ3v) is 3.52. The molecular formula is C15H23NO2. The fourth-order valence-corrected chi connectivity index (χ4v) is 2.29. The predicted octanol–water partition coefficient (Wildman–Crippen LogP) is 2.51. The van der Waals surface area contributed by atoms with Gasteiger partial charge in [-0.25, -0.2) is 0 Å². The molecule has 0 radical (unpaired) electrons. The molecule has 0 amide bonds. The molecule has 18 heavy (non-hydrogen) atoms. The van der Waals surface area contributed by atoms with Gasteiger partial charge < -0.3 is 15.2 Å². The molecule has 0 saturated heterocycles. The van der Waals surface area contributed by atoms with Gasteiger partial charge in [-0.1, -0.05) is 12.1 Å². The van der Waals surface area contributed by atoms with E-state index in [1.54, 1.807) is 7.11 Å². The van der Waals surface area contributed by atoms with Crippen molar-refractivity contribution in [2.75, 3.05) is 20.3 Å². The van der Waals surface area contributed by atoms with E-state index < -0.39 is 0 Å². The van der Waals surface area contributed by atoms with Gasteiger partial charge in [0.1, 0.15) is 5.75 Å². The van der Waals surface area contributed by atoms with Crippen molar-refractivity contribution in [3.8, 4) is 5.75 Å². The number of unbranched alkanes of at least 4 members (excludes halogenated alkanes) is 1. The van der Waals surface area contributed by atoms with Crippen LogP contribution >= 0.6 is 0 Å². The number of aliphatic hydroxyl groups is 1. The van der Waals surface area contributed by atoms with Gasteiger partial charge in [0.15, 0.2) is 0 Å². The quantitative estimate of drug-likeness (QED) is 0.696. The van der Waals surface area contributed by atoms with E-state index in [1.807, 2.05) is 12.1 Å². The average molecular weight is 249 g/mol. The second kappa shape index (κ2) is 6.76. The van der Waals surface area contributed by atoms with Gasteiger partial charge in [0.2, 0.25) is 0 Å². The Morgan fingerprint density at radius 1 is 1.28 bits per heavy atom. The summed E-state index contributed by atoms with van der Waals surface area (Å²) in [5.74, 6) is 1.70. The second-order valence-corrected chi connectivity index (χ2v) is 4.97. The summed E-state index contributed by atoms with van der Waals surface area (Å²) < 4.78 is 5.19. The number of hydrogen-bond acceptors (Lipinski definition) is 3. The third kappa shape index (κ3) is 3.72. The molecule has 0 aliphatic heterocycles. The lowest BCUT2D eigenvalue weighted by atomic mass is 10.0. The molecule has 1 aliphatic carbocycles. The Labute approximate surface area is 109 Å². The molecule has 1 atom stereocenters. The van der Waals surface area contributed by atoms with E-state index in [1.165, 1.54) is 18.4 Å². The summed E-state index contributed by atoms with van der Waals surface area (Å²) in [7, 11) is 1.69. The number of nitrogens with one attached hydrogen (secondary N) is 1. The number of aliphatic hydroxyl groups excluding tert-OH is 1. The van der Waals surface area contributed by atoms with Crippen LogP contribution < -0.4 is 10.1 Å². The van der Waals surface area contributed by atoms with E-state index in [9.17, 15) is 0 Å². The molecule has 1 aliphatic rings. The summed E-state index contributed by atoms with van der Waals surface area (Å²) in [5.41, 5.74) is 1.35. The van der Waals surface area contributed by atoms with Crippen LogP contribution in [0.1, 0.15) is 37.3 Å². The van der Waals surface area contributed by atoms with Gasteiger partial charge in [0.25, 0.3) is 0 Å². The van der Waals surface area contributed by atoms with Crippen molar-refractivity contribution in [3.63, 3.8) is 0 Å². The fraction of sp³-hybridized carbons (Fsp3) is 0.600. The number of benzene rings is 1. The molecular weight excluding hydrogens is 226 g/mol. The largest absolute Gasteiger partial charge is 0.497 e. The second-order valence-electron chi connectivity index (χ2n) is 4.97. The zero-order valence-electron chi connectivity index (χ0n) is 11.1. The van der Waals surface area contributed by atoms with Crippen LogP contribution in [-0.4, -0.2) is 25.4 Å². The van der Waals surface area contributed by atoms with E-state index in [4.69, 9.17) is 9.84 Å². The SMILES string of the molecule is COc1ccc(C(NCCCCO)C2CC2)cc1. The van der Waals surface area contributed by atoms with Crippen molar-refractivity contribution < 1.29 is 9.84 Å². The lowest BCUT2D eigenvalue weighted by Crippen LogP contribution is -2.24. The molecule has 2 rings (SSSR count).